The Morgan fingerprint density at radius 2 is 2.18 bits per heavy atom. The van der Waals surface area contributed by atoms with E-state index in [1.165, 1.54) is 19.3 Å². The molecule has 4 heteroatoms. The molecule has 2 rings (SSSR count). The highest BCUT2D eigenvalue weighted by Gasteiger charge is 2.31. The number of aromatic nitrogens is 2. The molecule has 96 valence electrons. The predicted octanol–water partition coefficient (Wildman–Crippen LogP) is 2.68. The van der Waals surface area contributed by atoms with E-state index in [0.29, 0.717) is 29.7 Å². The van der Waals surface area contributed by atoms with E-state index in [1.54, 1.807) is 0 Å². The molecule has 1 aromatic rings. The minimum atomic E-state index is 0.445. The van der Waals surface area contributed by atoms with Crippen LogP contribution in [0.25, 0.3) is 0 Å². The van der Waals surface area contributed by atoms with Crippen molar-refractivity contribution in [3.63, 3.8) is 0 Å². The van der Waals surface area contributed by atoms with Crippen molar-refractivity contribution in [2.24, 2.45) is 11.3 Å². The second kappa shape index (κ2) is 4.77. The van der Waals surface area contributed by atoms with Gasteiger partial charge in [-0.1, -0.05) is 25.9 Å². The average Bonchev–Trinajstić information content (AvgIpc) is 2.58. The third-order valence-corrected chi connectivity index (χ3v) is 3.50. The van der Waals surface area contributed by atoms with Gasteiger partial charge in [0.15, 0.2) is 5.82 Å². The maximum atomic E-state index is 5.11. The van der Waals surface area contributed by atoms with Crippen molar-refractivity contribution in [1.29, 1.82) is 0 Å². The molecule has 0 aromatic carbocycles. The summed E-state index contributed by atoms with van der Waals surface area (Å²) in [6, 6.07) is 0.570. The molecule has 1 heterocycles. The van der Waals surface area contributed by atoms with E-state index < -0.39 is 0 Å². The highest BCUT2D eigenvalue weighted by Crippen LogP contribution is 2.38. The summed E-state index contributed by atoms with van der Waals surface area (Å²) in [5.74, 6) is 2.19. The molecule has 1 N–H and O–H groups in total. The molecule has 17 heavy (non-hydrogen) atoms. The van der Waals surface area contributed by atoms with Gasteiger partial charge in [-0.3, -0.25) is 0 Å². The number of nitrogens with zero attached hydrogens (tertiary/aromatic N) is 2. The Balaban J connectivity index is 1.86. The van der Waals surface area contributed by atoms with Gasteiger partial charge in [-0.05, 0) is 37.5 Å². The Hall–Kier alpha value is -0.900. The van der Waals surface area contributed by atoms with Gasteiger partial charge >= 0.3 is 0 Å². The van der Waals surface area contributed by atoms with E-state index in [1.807, 2.05) is 6.92 Å². The molecule has 1 aromatic heterocycles. The molecule has 1 aliphatic carbocycles. The van der Waals surface area contributed by atoms with Crippen molar-refractivity contribution >= 4 is 0 Å². The van der Waals surface area contributed by atoms with Crippen molar-refractivity contribution in [2.75, 3.05) is 0 Å². The van der Waals surface area contributed by atoms with Crippen LogP contribution in [0.3, 0.4) is 0 Å². The molecule has 2 unspecified atom stereocenters. The van der Waals surface area contributed by atoms with Crippen molar-refractivity contribution in [1.82, 2.24) is 15.5 Å². The van der Waals surface area contributed by atoms with Crippen LogP contribution in [0.15, 0.2) is 4.52 Å². The molecular weight excluding hydrogens is 214 g/mol. The number of aryl methyl sites for hydroxylation is 1. The predicted molar refractivity (Wildman–Crippen MR) is 66.5 cm³/mol. The van der Waals surface area contributed by atoms with Crippen molar-refractivity contribution in [3.05, 3.63) is 11.7 Å². The largest absolute Gasteiger partial charge is 0.338 e. The summed E-state index contributed by atoms with van der Waals surface area (Å²) in [7, 11) is 0. The molecule has 0 spiro atoms. The lowest BCUT2D eigenvalue weighted by Crippen LogP contribution is -2.39. The minimum absolute atomic E-state index is 0.445. The monoisotopic (exact) mass is 237 g/mol. The zero-order valence-electron chi connectivity index (χ0n) is 11.3. The standard InChI is InChI=1S/C13H23N3O/c1-9-5-11(7-13(3,4)6-9)14-8-12-15-10(2)16-17-12/h9,11,14H,5-8H2,1-4H3. The van der Waals surface area contributed by atoms with Gasteiger partial charge in [-0.15, -0.1) is 0 Å². The summed E-state index contributed by atoms with van der Waals surface area (Å²) in [6.07, 6.45) is 3.80. The van der Waals surface area contributed by atoms with Gasteiger partial charge < -0.3 is 9.84 Å². The fourth-order valence-corrected chi connectivity index (χ4v) is 3.15. The number of hydrogen-bond acceptors (Lipinski definition) is 4. The lowest BCUT2D eigenvalue weighted by atomic mass is 9.70. The zero-order valence-corrected chi connectivity index (χ0v) is 11.3. The van der Waals surface area contributed by atoms with Crippen LogP contribution in [-0.2, 0) is 6.54 Å². The van der Waals surface area contributed by atoms with Crippen LogP contribution in [0.5, 0.6) is 0 Å². The lowest BCUT2D eigenvalue weighted by Gasteiger charge is -2.39. The van der Waals surface area contributed by atoms with Crippen LogP contribution in [0, 0.1) is 18.3 Å². The van der Waals surface area contributed by atoms with Gasteiger partial charge in [-0.2, -0.15) is 4.98 Å². The summed E-state index contributed by atoms with van der Waals surface area (Å²) < 4.78 is 5.11. The Bertz CT molecular complexity index is 372. The maximum Gasteiger partial charge on any atom is 0.240 e. The second-order valence-corrected chi connectivity index (χ2v) is 6.23. The maximum absolute atomic E-state index is 5.11. The van der Waals surface area contributed by atoms with Crippen LogP contribution < -0.4 is 5.32 Å². The molecule has 0 aliphatic heterocycles. The SMILES string of the molecule is Cc1noc(CNC2CC(C)CC(C)(C)C2)n1. The highest BCUT2D eigenvalue weighted by molar-refractivity contribution is 4.88. The van der Waals surface area contributed by atoms with E-state index in [0.717, 1.165) is 5.92 Å². The Kier molecular flexibility index (Phi) is 3.52. The molecule has 0 bridgehead atoms. The molecule has 0 radical (unpaired) electrons. The number of hydrogen-bond donors (Lipinski definition) is 1. The summed E-state index contributed by atoms with van der Waals surface area (Å²) in [4.78, 5) is 4.21. The molecule has 1 saturated carbocycles. The molecule has 2 atom stereocenters. The first kappa shape index (κ1) is 12.6. The van der Waals surface area contributed by atoms with Crippen molar-refractivity contribution in [2.45, 2.75) is 59.5 Å². The second-order valence-electron chi connectivity index (χ2n) is 6.23. The molecular formula is C13H23N3O. The summed E-state index contributed by atoms with van der Waals surface area (Å²) >= 11 is 0. The van der Waals surface area contributed by atoms with Gasteiger partial charge in [0.2, 0.25) is 5.89 Å². The minimum Gasteiger partial charge on any atom is -0.338 e. The fraction of sp³-hybridized carbons (Fsp3) is 0.846. The summed E-state index contributed by atoms with van der Waals surface area (Å²) in [5.41, 5.74) is 0.445. The van der Waals surface area contributed by atoms with E-state index in [-0.39, 0.29) is 0 Å². The summed E-state index contributed by atoms with van der Waals surface area (Å²) in [6.45, 7) is 9.59. The van der Waals surface area contributed by atoms with Crippen LogP contribution in [0.2, 0.25) is 0 Å². The number of nitrogens with one attached hydrogen (secondary N) is 1. The molecule has 0 amide bonds. The van der Waals surface area contributed by atoms with E-state index in [2.05, 4.69) is 36.2 Å². The molecule has 4 nitrogen and oxygen atoms in total. The van der Waals surface area contributed by atoms with Crippen molar-refractivity contribution < 1.29 is 4.52 Å². The van der Waals surface area contributed by atoms with Crippen molar-refractivity contribution in [3.8, 4) is 0 Å². The van der Waals surface area contributed by atoms with E-state index in [9.17, 15) is 0 Å². The first-order chi connectivity index (χ1) is 7.94. The normalized spacial score (nSPS) is 28.2. The quantitative estimate of drug-likeness (QED) is 0.878. The van der Waals surface area contributed by atoms with Gasteiger partial charge in [0.25, 0.3) is 0 Å². The van der Waals surface area contributed by atoms with Crippen LogP contribution >= 0.6 is 0 Å². The third kappa shape index (κ3) is 3.53. The smallest absolute Gasteiger partial charge is 0.240 e. The highest BCUT2D eigenvalue weighted by atomic mass is 16.5. The zero-order chi connectivity index (χ0) is 12.5. The van der Waals surface area contributed by atoms with Crippen LogP contribution in [-0.4, -0.2) is 16.2 Å². The molecule has 1 aliphatic rings. The van der Waals surface area contributed by atoms with Crippen LogP contribution in [0.4, 0.5) is 0 Å². The van der Waals surface area contributed by atoms with Gasteiger partial charge in [0, 0.05) is 6.04 Å². The average molecular weight is 237 g/mol. The lowest BCUT2D eigenvalue weighted by molar-refractivity contribution is 0.148. The van der Waals surface area contributed by atoms with E-state index in [4.69, 9.17) is 4.52 Å². The third-order valence-electron chi connectivity index (χ3n) is 3.50. The van der Waals surface area contributed by atoms with Gasteiger partial charge in [-0.25, -0.2) is 0 Å². The Morgan fingerprint density at radius 3 is 2.76 bits per heavy atom. The topological polar surface area (TPSA) is 51.0 Å². The van der Waals surface area contributed by atoms with Gasteiger partial charge in [0.05, 0.1) is 6.54 Å². The fourth-order valence-electron chi connectivity index (χ4n) is 3.15. The molecule has 1 fully saturated rings. The van der Waals surface area contributed by atoms with Crippen LogP contribution in [0.1, 0.15) is 51.7 Å². The number of rotatable bonds is 3. The Morgan fingerprint density at radius 1 is 1.41 bits per heavy atom. The Labute approximate surface area is 103 Å². The van der Waals surface area contributed by atoms with E-state index >= 15 is 0 Å². The first-order valence-electron chi connectivity index (χ1n) is 6.47. The summed E-state index contributed by atoms with van der Waals surface area (Å²) in [5, 5.41) is 7.34. The molecule has 0 saturated heterocycles. The first-order valence-corrected chi connectivity index (χ1v) is 6.47. The van der Waals surface area contributed by atoms with Gasteiger partial charge in [0.1, 0.15) is 0 Å².